The standard InChI is InChI=1S/C11H10Cl5N3OS/c1-5(20)17-9(11(14,15)16)19-10(21)18-6-2-3-7(12)8(13)4-6/h2-4,9H,1H3,(H,17,20)(H2,18,19,21). The molecule has 1 unspecified atom stereocenters. The lowest BCUT2D eigenvalue weighted by atomic mass is 10.3. The third-order valence-corrected chi connectivity index (χ3v) is 3.74. The Kier molecular flexibility index (Phi) is 7.10. The van der Waals surface area contributed by atoms with Crippen LogP contribution in [0, 0.1) is 0 Å². The molecule has 0 aliphatic carbocycles. The normalized spacial score (nSPS) is 12.5. The van der Waals surface area contributed by atoms with Crippen LogP contribution in [0.15, 0.2) is 18.2 Å². The summed E-state index contributed by atoms with van der Waals surface area (Å²) in [6.45, 7) is 1.29. The molecule has 0 saturated carbocycles. The lowest BCUT2D eigenvalue weighted by Gasteiger charge is -2.27. The van der Waals surface area contributed by atoms with Crippen LogP contribution in [0.4, 0.5) is 5.69 Å². The van der Waals surface area contributed by atoms with Crippen molar-refractivity contribution < 1.29 is 4.79 Å². The molecule has 21 heavy (non-hydrogen) atoms. The van der Waals surface area contributed by atoms with Gasteiger partial charge in [0.15, 0.2) is 5.11 Å². The number of thiocarbonyl (C=S) groups is 1. The zero-order chi connectivity index (χ0) is 16.2. The molecule has 1 rings (SSSR count). The topological polar surface area (TPSA) is 53.2 Å². The first-order valence-electron chi connectivity index (χ1n) is 5.46. The summed E-state index contributed by atoms with van der Waals surface area (Å²) in [6, 6.07) is 4.86. The molecule has 0 bridgehead atoms. The van der Waals surface area contributed by atoms with E-state index in [1.807, 2.05) is 0 Å². The summed E-state index contributed by atoms with van der Waals surface area (Å²) in [4.78, 5) is 11.1. The molecule has 1 aromatic carbocycles. The van der Waals surface area contributed by atoms with E-state index in [4.69, 9.17) is 70.2 Å². The van der Waals surface area contributed by atoms with Gasteiger partial charge in [0, 0.05) is 12.6 Å². The number of carbonyl (C=O) groups is 1. The number of anilines is 1. The molecule has 0 aliphatic heterocycles. The van der Waals surface area contributed by atoms with Crippen molar-refractivity contribution in [2.45, 2.75) is 16.9 Å². The van der Waals surface area contributed by atoms with Crippen molar-refractivity contribution in [3.8, 4) is 0 Å². The highest BCUT2D eigenvalue weighted by Crippen LogP contribution is 2.29. The Labute approximate surface area is 152 Å². The van der Waals surface area contributed by atoms with Crippen molar-refractivity contribution in [2.24, 2.45) is 0 Å². The van der Waals surface area contributed by atoms with Gasteiger partial charge in [-0.25, -0.2) is 0 Å². The van der Waals surface area contributed by atoms with E-state index in [1.165, 1.54) is 6.92 Å². The van der Waals surface area contributed by atoms with Crippen LogP contribution in [0.3, 0.4) is 0 Å². The molecule has 1 atom stereocenters. The first-order valence-corrected chi connectivity index (χ1v) is 7.76. The highest BCUT2D eigenvalue weighted by molar-refractivity contribution is 7.80. The Morgan fingerprint density at radius 2 is 1.81 bits per heavy atom. The van der Waals surface area contributed by atoms with Gasteiger partial charge in [-0.2, -0.15) is 0 Å². The van der Waals surface area contributed by atoms with Gasteiger partial charge in [-0.15, -0.1) is 0 Å². The highest BCUT2D eigenvalue weighted by Gasteiger charge is 2.33. The smallest absolute Gasteiger partial charge is 0.228 e. The van der Waals surface area contributed by atoms with E-state index in [-0.39, 0.29) is 11.0 Å². The second-order valence-corrected chi connectivity index (χ2v) is 7.49. The van der Waals surface area contributed by atoms with Crippen LogP contribution in [0.5, 0.6) is 0 Å². The largest absolute Gasteiger partial charge is 0.339 e. The van der Waals surface area contributed by atoms with Gasteiger partial charge in [-0.05, 0) is 30.4 Å². The molecule has 1 amide bonds. The Morgan fingerprint density at radius 3 is 2.29 bits per heavy atom. The molecule has 0 aliphatic rings. The number of amides is 1. The summed E-state index contributed by atoms with van der Waals surface area (Å²) in [5.41, 5.74) is 0.591. The van der Waals surface area contributed by atoms with Gasteiger partial charge in [0.1, 0.15) is 6.17 Å². The molecule has 0 spiro atoms. The van der Waals surface area contributed by atoms with Crippen molar-refractivity contribution in [1.82, 2.24) is 10.6 Å². The van der Waals surface area contributed by atoms with E-state index in [2.05, 4.69) is 16.0 Å². The van der Waals surface area contributed by atoms with Gasteiger partial charge < -0.3 is 16.0 Å². The van der Waals surface area contributed by atoms with Crippen molar-refractivity contribution >= 4 is 86.9 Å². The summed E-state index contributed by atoms with van der Waals surface area (Å²) in [7, 11) is 0. The number of nitrogens with one attached hydrogen (secondary N) is 3. The number of hydrogen-bond acceptors (Lipinski definition) is 2. The zero-order valence-corrected chi connectivity index (χ0v) is 15.1. The predicted octanol–water partition coefficient (Wildman–Crippen LogP) is 4.11. The Hall–Kier alpha value is -0.170. The van der Waals surface area contributed by atoms with Crippen LogP contribution >= 0.6 is 70.2 Å². The summed E-state index contributed by atoms with van der Waals surface area (Å²) >= 11 is 34.1. The van der Waals surface area contributed by atoms with E-state index < -0.39 is 9.96 Å². The van der Waals surface area contributed by atoms with Crippen LogP contribution in [0.2, 0.25) is 10.0 Å². The minimum atomic E-state index is -1.78. The molecule has 0 radical (unpaired) electrons. The predicted molar refractivity (Wildman–Crippen MR) is 93.7 cm³/mol. The molecule has 1 aromatic rings. The van der Waals surface area contributed by atoms with Gasteiger partial charge >= 0.3 is 0 Å². The average molecular weight is 410 g/mol. The number of halogens is 5. The lowest BCUT2D eigenvalue weighted by molar-refractivity contribution is -0.119. The summed E-state index contributed by atoms with van der Waals surface area (Å²) in [6.07, 6.45) is -0.997. The minimum Gasteiger partial charge on any atom is -0.339 e. The molecule has 4 nitrogen and oxygen atoms in total. The Balaban J connectivity index is 2.73. The third-order valence-electron chi connectivity index (χ3n) is 2.13. The van der Waals surface area contributed by atoms with E-state index in [0.717, 1.165) is 0 Å². The number of hydrogen-bond donors (Lipinski definition) is 3. The molecule has 116 valence electrons. The molecule has 0 heterocycles. The van der Waals surface area contributed by atoms with Crippen molar-refractivity contribution in [3.63, 3.8) is 0 Å². The van der Waals surface area contributed by atoms with Crippen LogP contribution < -0.4 is 16.0 Å². The first-order chi connectivity index (χ1) is 9.59. The van der Waals surface area contributed by atoms with Crippen LogP contribution in [0.1, 0.15) is 6.92 Å². The monoisotopic (exact) mass is 407 g/mol. The van der Waals surface area contributed by atoms with E-state index >= 15 is 0 Å². The van der Waals surface area contributed by atoms with Gasteiger partial charge in [0.2, 0.25) is 9.70 Å². The fourth-order valence-electron chi connectivity index (χ4n) is 1.28. The number of carbonyl (C=O) groups excluding carboxylic acids is 1. The van der Waals surface area contributed by atoms with Crippen molar-refractivity contribution in [2.75, 3.05) is 5.32 Å². The fourth-order valence-corrected chi connectivity index (χ4v) is 2.14. The van der Waals surface area contributed by atoms with Gasteiger partial charge in [0.25, 0.3) is 0 Å². The van der Waals surface area contributed by atoms with Crippen LogP contribution in [0.25, 0.3) is 0 Å². The van der Waals surface area contributed by atoms with E-state index in [9.17, 15) is 4.79 Å². The first kappa shape index (κ1) is 18.9. The number of alkyl halides is 3. The van der Waals surface area contributed by atoms with Gasteiger partial charge in [-0.3, -0.25) is 4.79 Å². The van der Waals surface area contributed by atoms with Gasteiger partial charge in [-0.1, -0.05) is 58.0 Å². The second-order valence-electron chi connectivity index (χ2n) is 3.90. The number of benzene rings is 1. The molecule has 10 heteroatoms. The zero-order valence-electron chi connectivity index (χ0n) is 10.5. The maximum Gasteiger partial charge on any atom is 0.228 e. The quantitative estimate of drug-likeness (QED) is 0.400. The van der Waals surface area contributed by atoms with E-state index in [1.54, 1.807) is 18.2 Å². The van der Waals surface area contributed by atoms with Crippen molar-refractivity contribution in [1.29, 1.82) is 0 Å². The molecular weight excluding hydrogens is 399 g/mol. The Morgan fingerprint density at radius 1 is 1.19 bits per heavy atom. The van der Waals surface area contributed by atoms with Crippen LogP contribution in [-0.2, 0) is 4.79 Å². The van der Waals surface area contributed by atoms with E-state index in [0.29, 0.717) is 15.7 Å². The summed E-state index contributed by atoms with van der Waals surface area (Å²) < 4.78 is -1.78. The molecule has 0 fully saturated rings. The maximum atomic E-state index is 11.1. The lowest BCUT2D eigenvalue weighted by Crippen LogP contribution is -2.55. The van der Waals surface area contributed by atoms with Crippen LogP contribution in [-0.4, -0.2) is 21.0 Å². The third kappa shape index (κ3) is 6.63. The maximum absolute atomic E-state index is 11.1. The minimum absolute atomic E-state index is 0.137. The second kappa shape index (κ2) is 7.90. The average Bonchev–Trinajstić information content (AvgIpc) is 2.31. The van der Waals surface area contributed by atoms with Crippen molar-refractivity contribution in [3.05, 3.63) is 28.2 Å². The summed E-state index contributed by atoms with van der Waals surface area (Å²) in [5, 5.41) is 8.88. The van der Waals surface area contributed by atoms with Gasteiger partial charge in [0.05, 0.1) is 10.0 Å². The number of rotatable bonds is 3. The molecule has 0 saturated heterocycles. The molecular formula is C11H10Cl5N3OS. The molecule has 0 aromatic heterocycles. The Bertz CT molecular complexity index is 549. The fraction of sp³-hybridized carbons (Fsp3) is 0.273. The molecule has 3 N–H and O–H groups in total. The SMILES string of the molecule is CC(=O)NC(NC(=S)Nc1ccc(Cl)c(Cl)c1)C(Cl)(Cl)Cl. The highest BCUT2D eigenvalue weighted by atomic mass is 35.6. The summed E-state index contributed by atoms with van der Waals surface area (Å²) in [5.74, 6) is -0.379.